The first kappa shape index (κ1) is 11.0. The molecule has 0 radical (unpaired) electrons. The Morgan fingerprint density at radius 2 is 2.31 bits per heavy atom. The van der Waals surface area contributed by atoms with Crippen molar-refractivity contribution in [2.45, 2.75) is 12.8 Å². The Labute approximate surface area is 95.2 Å². The fourth-order valence-corrected chi connectivity index (χ4v) is 1.96. The first-order valence-electron chi connectivity index (χ1n) is 5.42. The lowest BCUT2D eigenvalue weighted by atomic mass is 9.97. The molecule has 1 N–H and O–H groups in total. The molecule has 0 saturated heterocycles. The van der Waals surface area contributed by atoms with Gasteiger partial charge in [0.1, 0.15) is 0 Å². The summed E-state index contributed by atoms with van der Waals surface area (Å²) in [6.07, 6.45) is 2.01. The zero-order valence-corrected chi connectivity index (χ0v) is 9.62. The van der Waals surface area contributed by atoms with E-state index in [4.69, 9.17) is 4.84 Å². The number of amides is 1. The Hall–Kier alpha value is -1.55. The molecule has 1 heterocycles. The van der Waals surface area contributed by atoms with E-state index < -0.39 is 0 Å². The monoisotopic (exact) mass is 220 g/mol. The molecule has 0 atom stereocenters. The third-order valence-electron chi connectivity index (χ3n) is 2.89. The topological polar surface area (TPSA) is 41.6 Å². The predicted molar refractivity (Wildman–Crippen MR) is 62.4 cm³/mol. The molecule has 0 unspecified atom stereocenters. The SMILES string of the molecule is CON(C)C(=O)c1cccc2c1CCCN2. The van der Waals surface area contributed by atoms with Crippen molar-refractivity contribution in [3.8, 4) is 0 Å². The van der Waals surface area contributed by atoms with Crippen molar-refractivity contribution in [1.82, 2.24) is 5.06 Å². The minimum atomic E-state index is -0.0944. The van der Waals surface area contributed by atoms with Gasteiger partial charge in [-0.2, -0.15) is 0 Å². The summed E-state index contributed by atoms with van der Waals surface area (Å²) in [5.41, 5.74) is 2.90. The summed E-state index contributed by atoms with van der Waals surface area (Å²) in [4.78, 5) is 16.9. The number of hydrogen-bond donors (Lipinski definition) is 1. The lowest BCUT2D eigenvalue weighted by Gasteiger charge is -2.22. The summed E-state index contributed by atoms with van der Waals surface area (Å²) in [5.74, 6) is -0.0944. The van der Waals surface area contributed by atoms with E-state index in [1.54, 1.807) is 7.05 Å². The van der Waals surface area contributed by atoms with E-state index in [0.29, 0.717) is 0 Å². The molecule has 0 bridgehead atoms. The summed E-state index contributed by atoms with van der Waals surface area (Å²) in [5, 5.41) is 4.56. The smallest absolute Gasteiger partial charge is 0.277 e. The molecule has 16 heavy (non-hydrogen) atoms. The highest BCUT2D eigenvalue weighted by Crippen LogP contribution is 2.25. The minimum Gasteiger partial charge on any atom is -0.385 e. The summed E-state index contributed by atoms with van der Waals surface area (Å²) >= 11 is 0. The fraction of sp³-hybridized carbons (Fsp3) is 0.417. The van der Waals surface area contributed by atoms with Crippen LogP contribution in [0.15, 0.2) is 18.2 Å². The van der Waals surface area contributed by atoms with Gasteiger partial charge in [-0.25, -0.2) is 5.06 Å². The highest BCUT2D eigenvalue weighted by molar-refractivity contribution is 5.96. The Kier molecular flexibility index (Phi) is 3.10. The Bertz CT molecular complexity index is 404. The van der Waals surface area contributed by atoms with E-state index in [-0.39, 0.29) is 5.91 Å². The second-order valence-electron chi connectivity index (χ2n) is 3.85. The zero-order valence-electron chi connectivity index (χ0n) is 9.62. The number of anilines is 1. The van der Waals surface area contributed by atoms with E-state index in [0.717, 1.165) is 36.2 Å². The molecule has 2 rings (SSSR count). The normalized spacial score (nSPS) is 13.9. The molecule has 0 spiro atoms. The number of nitrogens with one attached hydrogen (secondary N) is 1. The maximum Gasteiger partial charge on any atom is 0.277 e. The minimum absolute atomic E-state index is 0.0944. The molecule has 86 valence electrons. The van der Waals surface area contributed by atoms with Gasteiger partial charge in [0, 0.05) is 24.8 Å². The Balaban J connectivity index is 2.37. The van der Waals surface area contributed by atoms with Gasteiger partial charge in [0.25, 0.3) is 5.91 Å². The number of hydroxylamine groups is 2. The number of nitrogens with zero attached hydrogens (tertiary/aromatic N) is 1. The van der Waals surface area contributed by atoms with Crippen LogP contribution >= 0.6 is 0 Å². The first-order chi connectivity index (χ1) is 7.74. The van der Waals surface area contributed by atoms with Gasteiger partial charge in [0.05, 0.1) is 7.11 Å². The van der Waals surface area contributed by atoms with E-state index in [1.807, 2.05) is 18.2 Å². The van der Waals surface area contributed by atoms with Crippen molar-refractivity contribution in [3.63, 3.8) is 0 Å². The molecule has 0 saturated carbocycles. The van der Waals surface area contributed by atoms with Crippen LogP contribution < -0.4 is 5.32 Å². The van der Waals surface area contributed by atoms with Crippen LogP contribution in [0.2, 0.25) is 0 Å². The third kappa shape index (κ3) is 1.88. The van der Waals surface area contributed by atoms with Crippen LogP contribution in [0.5, 0.6) is 0 Å². The highest BCUT2D eigenvalue weighted by Gasteiger charge is 2.19. The van der Waals surface area contributed by atoms with Crippen molar-refractivity contribution < 1.29 is 9.63 Å². The molecule has 4 nitrogen and oxygen atoms in total. The third-order valence-corrected chi connectivity index (χ3v) is 2.89. The average Bonchev–Trinajstić information content (AvgIpc) is 2.36. The van der Waals surface area contributed by atoms with Crippen molar-refractivity contribution in [2.24, 2.45) is 0 Å². The molecular formula is C12H16N2O2. The van der Waals surface area contributed by atoms with Gasteiger partial charge in [0.2, 0.25) is 0 Å². The second-order valence-corrected chi connectivity index (χ2v) is 3.85. The molecule has 0 aliphatic carbocycles. The standard InChI is InChI=1S/C12H16N2O2/c1-14(16-2)12(15)10-5-3-7-11-9(10)6-4-8-13-11/h3,5,7,13H,4,6,8H2,1-2H3. The summed E-state index contributed by atoms with van der Waals surface area (Å²) < 4.78 is 0. The number of carbonyl (C=O) groups is 1. The van der Waals surface area contributed by atoms with Crippen LogP contribution in [0.1, 0.15) is 22.3 Å². The van der Waals surface area contributed by atoms with Crippen molar-refractivity contribution >= 4 is 11.6 Å². The Morgan fingerprint density at radius 1 is 1.50 bits per heavy atom. The fourth-order valence-electron chi connectivity index (χ4n) is 1.96. The van der Waals surface area contributed by atoms with Crippen molar-refractivity contribution in [3.05, 3.63) is 29.3 Å². The van der Waals surface area contributed by atoms with Crippen LogP contribution in [0.4, 0.5) is 5.69 Å². The maximum absolute atomic E-state index is 12.0. The zero-order chi connectivity index (χ0) is 11.5. The first-order valence-corrected chi connectivity index (χ1v) is 5.42. The lowest BCUT2D eigenvalue weighted by Crippen LogP contribution is -2.27. The van der Waals surface area contributed by atoms with Crippen LogP contribution in [-0.4, -0.2) is 31.7 Å². The van der Waals surface area contributed by atoms with E-state index in [1.165, 1.54) is 12.2 Å². The largest absolute Gasteiger partial charge is 0.385 e. The van der Waals surface area contributed by atoms with Crippen molar-refractivity contribution in [1.29, 1.82) is 0 Å². The van der Waals surface area contributed by atoms with Gasteiger partial charge in [-0.15, -0.1) is 0 Å². The molecule has 4 heteroatoms. The Morgan fingerprint density at radius 3 is 3.06 bits per heavy atom. The van der Waals surface area contributed by atoms with Gasteiger partial charge in [0.15, 0.2) is 0 Å². The maximum atomic E-state index is 12.0. The van der Waals surface area contributed by atoms with Crippen LogP contribution in [-0.2, 0) is 11.3 Å². The van der Waals surface area contributed by atoms with Crippen LogP contribution in [0.3, 0.4) is 0 Å². The van der Waals surface area contributed by atoms with Gasteiger partial charge in [-0.05, 0) is 30.5 Å². The summed E-state index contributed by atoms with van der Waals surface area (Å²) in [6, 6.07) is 5.76. The molecule has 0 fully saturated rings. The quantitative estimate of drug-likeness (QED) is 0.771. The number of fused-ring (bicyclic) bond motifs is 1. The van der Waals surface area contributed by atoms with Crippen molar-refractivity contribution in [2.75, 3.05) is 26.0 Å². The lowest BCUT2D eigenvalue weighted by molar-refractivity contribution is -0.0757. The van der Waals surface area contributed by atoms with Gasteiger partial charge in [-0.3, -0.25) is 9.63 Å². The molecule has 1 amide bonds. The number of rotatable bonds is 2. The summed E-state index contributed by atoms with van der Waals surface area (Å²) in [7, 11) is 3.11. The average molecular weight is 220 g/mol. The molecule has 1 aromatic rings. The van der Waals surface area contributed by atoms with Crippen LogP contribution in [0.25, 0.3) is 0 Å². The number of hydrogen-bond acceptors (Lipinski definition) is 3. The van der Waals surface area contributed by atoms with Gasteiger partial charge < -0.3 is 5.32 Å². The number of benzene rings is 1. The summed E-state index contributed by atoms with van der Waals surface area (Å²) in [6.45, 7) is 0.977. The molecule has 0 aromatic heterocycles. The van der Waals surface area contributed by atoms with Gasteiger partial charge >= 0.3 is 0 Å². The second kappa shape index (κ2) is 4.53. The number of carbonyl (C=O) groups excluding carboxylic acids is 1. The predicted octanol–water partition coefficient (Wildman–Crippen LogP) is 1.68. The highest BCUT2D eigenvalue weighted by atomic mass is 16.7. The molecule has 1 aliphatic heterocycles. The molecule has 1 aromatic carbocycles. The van der Waals surface area contributed by atoms with E-state index in [2.05, 4.69) is 5.32 Å². The van der Waals surface area contributed by atoms with E-state index >= 15 is 0 Å². The van der Waals surface area contributed by atoms with Gasteiger partial charge in [-0.1, -0.05) is 6.07 Å². The van der Waals surface area contributed by atoms with E-state index in [9.17, 15) is 4.79 Å². The van der Waals surface area contributed by atoms with Crippen LogP contribution in [0, 0.1) is 0 Å². The molecular weight excluding hydrogens is 204 g/mol. The molecule has 1 aliphatic rings.